The summed E-state index contributed by atoms with van der Waals surface area (Å²) in [6.07, 6.45) is 1.63. The van der Waals surface area contributed by atoms with Crippen LogP contribution in [0.3, 0.4) is 0 Å². The van der Waals surface area contributed by atoms with Crippen LogP contribution in [0.4, 0.5) is 0 Å². The quantitative estimate of drug-likeness (QED) is 0.634. The number of rotatable bonds is 8. The molecule has 3 aromatic rings. The summed E-state index contributed by atoms with van der Waals surface area (Å²) in [5, 5.41) is 17.3. The molecule has 3 rings (SSSR count). The first-order valence-electron chi connectivity index (χ1n) is 8.21. The Morgan fingerprint density at radius 3 is 2.28 bits per heavy atom. The van der Waals surface area contributed by atoms with Gasteiger partial charge in [0.15, 0.2) is 0 Å². The predicted molar refractivity (Wildman–Crippen MR) is 94.7 cm³/mol. The minimum atomic E-state index is 0.0446. The number of aliphatic hydroxyl groups excluding tert-OH is 1. The summed E-state index contributed by atoms with van der Waals surface area (Å²) in [4.78, 5) is 0. The van der Waals surface area contributed by atoms with E-state index in [1.54, 1.807) is 0 Å². The van der Waals surface area contributed by atoms with Gasteiger partial charge in [-0.25, -0.2) is 0 Å². The summed E-state index contributed by atoms with van der Waals surface area (Å²) in [5.74, 6) is 2.02. The van der Waals surface area contributed by atoms with E-state index in [9.17, 15) is 0 Å². The zero-order valence-electron chi connectivity index (χ0n) is 13.8. The van der Waals surface area contributed by atoms with E-state index in [0.29, 0.717) is 12.5 Å². The molecule has 5 nitrogen and oxygen atoms in total. The molecule has 2 aromatic carbocycles. The van der Waals surface area contributed by atoms with E-state index in [1.165, 1.54) is 0 Å². The Balaban J connectivity index is 1.42. The van der Waals surface area contributed by atoms with Crippen LogP contribution >= 0.6 is 0 Å². The molecule has 0 aliphatic heterocycles. The minimum absolute atomic E-state index is 0.0446. The number of ether oxygens (including phenoxy) is 2. The molecule has 5 heteroatoms. The normalized spacial score (nSPS) is 10.4. The van der Waals surface area contributed by atoms with E-state index in [-0.39, 0.29) is 6.61 Å². The average Bonchev–Trinajstić information content (AvgIpc) is 2.68. The molecule has 0 bridgehead atoms. The summed E-state index contributed by atoms with van der Waals surface area (Å²) in [6, 6.07) is 20.7. The third-order valence-corrected chi connectivity index (χ3v) is 3.61. The summed E-state index contributed by atoms with van der Waals surface area (Å²) in [5.41, 5.74) is 1.78. The van der Waals surface area contributed by atoms with Crippen molar-refractivity contribution in [1.82, 2.24) is 10.2 Å². The summed E-state index contributed by atoms with van der Waals surface area (Å²) in [6.45, 7) is 0.644. The van der Waals surface area contributed by atoms with Gasteiger partial charge in [0.05, 0.1) is 18.9 Å². The van der Waals surface area contributed by atoms with Crippen molar-refractivity contribution in [3.8, 4) is 17.4 Å². The van der Waals surface area contributed by atoms with Crippen molar-refractivity contribution in [1.29, 1.82) is 0 Å². The van der Waals surface area contributed by atoms with E-state index in [1.807, 2.05) is 66.7 Å². The number of hydrogen-bond donors (Lipinski definition) is 1. The lowest BCUT2D eigenvalue weighted by atomic mass is 10.2. The zero-order chi connectivity index (χ0) is 17.3. The van der Waals surface area contributed by atoms with Gasteiger partial charge < -0.3 is 14.6 Å². The Hall–Kier alpha value is -2.92. The van der Waals surface area contributed by atoms with Crippen LogP contribution in [0.2, 0.25) is 0 Å². The first kappa shape index (κ1) is 16.9. The van der Waals surface area contributed by atoms with Crippen LogP contribution in [0, 0.1) is 0 Å². The molecule has 0 aliphatic rings. The van der Waals surface area contributed by atoms with Crippen molar-refractivity contribution < 1.29 is 14.6 Å². The van der Waals surface area contributed by atoms with Gasteiger partial charge in [-0.2, -0.15) is 5.10 Å². The van der Waals surface area contributed by atoms with Gasteiger partial charge in [0.25, 0.3) is 0 Å². The number of aliphatic hydroxyl groups is 1. The van der Waals surface area contributed by atoms with Gasteiger partial charge in [0, 0.05) is 6.07 Å². The molecule has 0 radical (unpaired) electrons. The van der Waals surface area contributed by atoms with E-state index in [0.717, 1.165) is 35.6 Å². The maximum absolute atomic E-state index is 9.01. The second kappa shape index (κ2) is 8.80. The van der Waals surface area contributed by atoms with E-state index < -0.39 is 0 Å². The number of benzene rings is 2. The number of aryl methyl sites for hydroxylation is 1. The van der Waals surface area contributed by atoms with Gasteiger partial charge >= 0.3 is 0 Å². The van der Waals surface area contributed by atoms with E-state index >= 15 is 0 Å². The fraction of sp³-hybridized carbons (Fsp3) is 0.200. The molecular formula is C20H20N2O3. The van der Waals surface area contributed by atoms with Gasteiger partial charge in [-0.05, 0) is 48.7 Å². The van der Waals surface area contributed by atoms with Gasteiger partial charge in [-0.15, -0.1) is 5.10 Å². The molecule has 0 atom stereocenters. The maximum Gasteiger partial charge on any atom is 0.238 e. The number of aromatic nitrogens is 2. The minimum Gasteiger partial charge on any atom is -0.494 e. The van der Waals surface area contributed by atoms with Crippen molar-refractivity contribution >= 4 is 0 Å². The third kappa shape index (κ3) is 5.29. The SMILES string of the molecule is OCc1ccc(OCCCc2ccc(Oc3ccccc3)nn2)cc1. The Kier molecular flexibility index (Phi) is 5.96. The topological polar surface area (TPSA) is 64.5 Å². The van der Waals surface area contributed by atoms with Crippen LogP contribution in [0.25, 0.3) is 0 Å². The highest BCUT2D eigenvalue weighted by Crippen LogP contribution is 2.18. The van der Waals surface area contributed by atoms with E-state index in [2.05, 4.69) is 10.2 Å². The number of nitrogens with zero attached hydrogens (tertiary/aromatic N) is 2. The number of hydrogen-bond acceptors (Lipinski definition) is 5. The molecule has 0 saturated heterocycles. The van der Waals surface area contributed by atoms with Gasteiger partial charge in [-0.1, -0.05) is 30.3 Å². The summed E-state index contributed by atoms with van der Waals surface area (Å²) in [7, 11) is 0. The highest BCUT2D eigenvalue weighted by Gasteiger charge is 2.01. The highest BCUT2D eigenvalue weighted by molar-refractivity contribution is 5.27. The molecule has 1 heterocycles. The van der Waals surface area contributed by atoms with Crippen molar-refractivity contribution in [3.05, 3.63) is 78.0 Å². The molecule has 0 amide bonds. The standard InChI is InChI=1S/C20H20N2O3/c23-15-16-8-11-18(12-9-16)24-14-4-5-17-10-13-20(22-21-17)25-19-6-2-1-3-7-19/h1-3,6-13,23H,4-5,14-15H2. The van der Waals surface area contributed by atoms with Crippen LogP contribution in [-0.4, -0.2) is 21.9 Å². The van der Waals surface area contributed by atoms with Crippen LogP contribution < -0.4 is 9.47 Å². The first-order chi connectivity index (χ1) is 12.3. The van der Waals surface area contributed by atoms with Crippen LogP contribution in [0.5, 0.6) is 17.4 Å². The first-order valence-corrected chi connectivity index (χ1v) is 8.21. The molecule has 0 aliphatic carbocycles. The molecule has 1 aromatic heterocycles. The van der Waals surface area contributed by atoms with Crippen LogP contribution in [0.15, 0.2) is 66.7 Å². The highest BCUT2D eigenvalue weighted by atomic mass is 16.5. The Labute approximate surface area is 146 Å². The largest absolute Gasteiger partial charge is 0.494 e. The zero-order valence-corrected chi connectivity index (χ0v) is 13.8. The smallest absolute Gasteiger partial charge is 0.238 e. The van der Waals surface area contributed by atoms with Crippen molar-refractivity contribution in [2.75, 3.05) is 6.61 Å². The fourth-order valence-electron chi connectivity index (χ4n) is 2.28. The van der Waals surface area contributed by atoms with Gasteiger partial charge in [-0.3, -0.25) is 0 Å². The molecule has 0 fully saturated rings. The second-order valence-electron chi connectivity index (χ2n) is 5.53. The lowest BCUT2D eigenvalue weighted by Crippen LogP contribution is -2.01. The molecule has 1 N–H and O–H groups in total. The summed E-state index contributed by atoms with van der Waals surface area (Å²) < 4.78 is 11.3. The van der Waals surface area contributed by atoms with E-state index in [4.69, 9.17) is 14.6 Å². The molecule has 128 valence electrons. The lowest BCUT2D eigenvalue weighted by molar-refractivity contribution is 0.281. The second-order valence-corrected chi connectivity index (χ2v) is 5.53. The number of para-hydroxylation sites is 1. The molecule has 0 saturated carbocycles. The molecular weight excluding hydrogens is 316 g/mol. The van der Waals surface area contributed by atoms with Crippen molar-refractivity contribution in [3.63, 3.8) is 0 Å². The maximum atomic E-state index is 9.01. The summed E-state index contributed by atoms with van der Waals surface area (Å²) >= 11 is 0. The third-order valence-electron chi connectivity index (χ3n) is 3.61. The Morgan fingerprint density at radius 1 is 0.800 bits per heavy atom. The Morgan fingerprint density at radius 2 is 1.60 bits per heavy atom. The van der Waals surface area contributed by atoms with Crippen molar-refractivity contribution in [2.45, 2.75) is 19.4 Å². The predicted octanol–water partition coefficient (Wildman–Crippen LogP) is 3.77. The molecule has 25 heavy (non-hydrogen) atoms. The van der Waals surface area contributed by atoms with Crippen molar-refractivity contribution in [2.24, 2.45) is 0 Å². The average molecular weight is 336 g/mol. The molecule has 0 spiro atoms. The van der Waals surface area contributed by atoms with Gasteiger partial charge in [0.1, 0.15) is 11.5 Å². The van der Waals surface area contributed by atoms with Gasteiger partial charge in [0.2, 0.25) is 5.88 Å². The van der Waals surface area contributed by atoms with Crippen LogP contribution in [-0.2, 0) is 13.0 Å². The molecule has 0 unspecified atom stereocenters. The van der Waals surface area contributed by atoms with Crippen LogP contribution in [0.1, 0.15) is 17.7 Å². The Bertz CT molecular complexity index is 759. The fourth-order valence-corrected chi connectivity index (χ4v) is 2.28. The monoisotopic (exact) mass is 336 g/mol. The lowest BCUT2D eigenvalue weighted by Gasteiger charge is -2.07.